The van der Waals surface area contributed by atoms with Crippen LogP contribution < -0.4 is 15.6 Å². The van der Waals surface area contributed by atoms with Gasteiger partial charge >= 0.3 is 0 Å². The van der Waals surface area contributed by atoms with Crippen molar-refractivity contribution in [3.05, 3.63) is 174 Å². The van der Waals surface area contributed by atoms with Gasteiger partial charge < -0.3 is 15.2 Å². The summed E-state index contributed by atoms with van der Waals surface area (Å²) in [5, 5.41) is 24.0. The average molecular weight is 654 g/mol. The van der Waals surface area contributed by atoms with E-state index in [0.29, 0.717) is 24.6 Å². The summed E-state index contributed by atoms with van der Waals surface area (Å²) in [6.45, 7) is 2.29. The van der Waals surface area contributed by atoms with E-state index in [1.807, 2.05) is 144 Å². The smallest absolute Gasteiger partial charge is 0.180 e. The van der Waals surface area contributed by atoms with Crippen LogP contribution in [0.3, 0.4) is 0 Å². The highest BCUT2D eigenvalue weighted by molar-refractivity contribution is 6.10. The van der Waals surface area contributed by atoms with E-state index >= 15 is 0 Å². The zero-order valence-corrected chi connectivity index (χ0v) is 27.6. The van der Waals surface area contributed by atoms with Gasteiger partial charge in [-0.15, -0.1) is 16.6 Å². The minimum Gasteiger partial charge on any atom is -0.372 e. The number of hydrogen-bond donors (Lipinski definition) is 2. The van der Waals surface area contributed by atoms with Crippen LogP contribution in [0.2, 0.25) is 0 Å². The molecule has 0 unspecified atom stereocenters. The number of aromatic nitrogens is 3. The Morgan fingerprint density at radius 1 is 0.800 bits per heavy atom. The molecule has 0 aliphatic heterocycles. The van der Waals surface area contributed by atoms with Crippen LogP contribution >= 0.6 is 0 Å². The monoisotopic (exact) mass is 653 g/mol. The van der Waals surface area contributed by atoms with Crippen molar-refractivity contribution in [1.29, 1.82) is 0 Å². The van der Waals surface area contributed by atoms with Crippen LogP contribution in [0.5, 0.6) is 0 Å². The van der Waals surface area contributed by atoms with Crippen molar-refractivity contribution in [3.63, 3.8) is 0 Å². The van der Waals surface area contributed by atoms with Gasteiger partial charge in [0.25, 0.3) is 0 Å². The zero-order chi connectivity index (χ0) is 34.1. The lowest BCUT2D eigenvalue weighted by Crippen LogP contribution is -2.22. The van der Waals surface area contributed by atoms with Crippen molar-refractivity contribution in [1.82, 2.24) is 14.9 Å². The predicted molar refractivity (Wildman–Crippen MR) is 202 cm³/mol. The Bertz CT molecular complexity index is 2240. The molecule has 0 aliphatic rings. The fourth-order valence-corrected chi connectivity index (χ4v) is 5.77. The minimum absolute atomic E-state index is 0.386. The highest BCUT2D eigenvalue weighted by Gasteiger charge is 2.27. The van der Waals surface area contributed by atoms with E-state index in [1.165, 1.54) is 0 Å². The van der Waals surface area contributed by atoms with E-state index in [-0.39, 0.29) is 0 Å². The van der Waals surface area contributed by atoms with Gasteiger partial charge in [0.1, 0.15) is 5.76 Å². The van der Waals surface area contributed by atoms with Gasteiger partial charge in [-0.2, -0.15) is 0 Å². The molecule has 7 aromatic rings. The summed E-state index contributed by atoms with van der Waals surface area (Å²) in [5.74, 6) is 4.67. The first-order valence-electron chi connectivity index (χ1n) is 16.4. The normalized spacial score (nSPS) is 11.2. The lowest BCUT2D eigenvalue weighted by Gasteiger charge is -2.22. The number of aryl methyl sites for hydroxylation is 1. The molecule has 0 bridgehead atoms. The Morgan fingerprint density at radius 2 is 1.42 bits per heavy atom. The van der Waals surface area contributed by atoms with Crippen LogP contribution in [0.4, 0.5) is 22.9 Å². The van der Waals surface area contributed by atoms with Gasteiger partial charge in [0.05, 0.1) is 40.7 Å². The molecule has 0 spiro atoms. The Hall–Kier alpha value is -6.85. The largest absolute Gasteiger partial charge is 0.372 e. The van der Waals surface area contributed by atoms with Gasteiger partial charge in [-0.1, -0.05) is 120 Å². The number of hydrazone groups is 1. The quantitative estimate of drug-likeness (QED) is 0.0627. The standard InChI is InChI=1S/C42H35N7O/c1-3-28-43-38-26-16-17-27-39(38)44-41(33-20-10-5-11-21-33)45-49(36-24-14-7-15-25-36)42-37(30-34-29-31(2)50-47-34)40(32-18-8-4-9-19-32)48(46-42)35-22-12-6-13-23-35/h1,4-27,29,43H,28,30H2,2H3,(H,44,45). The van der Waals surface area contributed by atoms with Crippen molar-refractivity contribution in [2.24, 2.45) is 5.10 Å². The molecule has 0 saturated carbocycles. The van der Waals surface area contributed by atoms with Gasteiger partial charge in [0.15, 0.2) is 11.7 Å². The minimum atomic E-state index is 0.386. The van der Waals surface area contributed by atoms with Gasteiger partial charge in [-0.3, -0.25) is 0 Å². The van der Waals surface area contributed by atoms with Crippen molar-refractivity contribution < 1.29 is 4.52 Å². The van der Waals surface area contributed by atoms with Gasteiger partial charge in [-0.25, -0.2) is 9.69 Å². The summed E-state index contributed by atoms with van der Waals surface area (Å²) in [7, 11) is 0. The zero-order valence-electron chi connectivity index (χ0n) is 27.6. The maximum absolute atomic E-state index is 5.60. The van der Waals surface area contributed by atoms with E-state index in [9.17, 15) is 0 Å². The summed E-state index contributed by atoms with van der Waals surface area (Å²) in [6, 6.07) is 50.5. The van der Waals surface area contributed by atoms with E-state index in [4.69, 9.17) is 21.1 Å². The summed E-state index contributed by atoms with van der Waals surface area (Å²) >= 11 is 0. The highest BCUT2D eigenvalue weighted by Crippen LogP contribution is 2.38. The number of benzene rings is 5. The number of hydrogen-bond acceptors (Lipinski definition) is 6. The van der Waals surface area contributed by atoms with Crippen LogP contribution in [0.1, 0.15) is 22.6 Å². The number of nitrogens with one attached hydrogen (secondary N) is 2. The first-order valence-corrected chi connectivity index (χ1v) is 16.4. The molecular weight excluding hydrogens is 619 g/mol. The molecule has 244 valence electrons. The van der Waals surface area contributed by atoms with E-state index in [2.05, 4.69) is 46.0 Å². The van der Waals surface area contributed by atoms with E-state index < -0.39 is 0 Å². The molecule has 7 rings (SSSR count). The van der Waals surface area contributed by atoms with Gasteiger partial charge in [0, 0.05) is 29.2 Å². The van der Waals surface area contributed by atoms with Crippen molar-refractivity contribution in [3.8, 4) is 29.3 Å². The van der Waals surface area contributed by atoms with Crippen LogP contribution in [0.15, 0.2) is 161 Å². The first-order chi connectivity index (χ1) is 24.7. The average Bonchev–Trinajstić information content (AvgIpc) is 3.77. The van der Waals surface area contributed by atoms with Crippen molar-refractivity contribution >= 4 is 28.7 Å². The Kier molecular flexibility index (Phi) is 9.47. The second kappa shape index (κ2) is 14.9. The molecule has 0 saturated heterocycles. The highest BCUT2D eigenvalue weighted by atomic mass is 16.5. The van der Waals surface area contributed by atoms with Crippen LogP contribution in [0.25, 0.3) is 16.9 Å². The third-order valence-electron chi connectivity index (χ3n) is 8.05. The molecule has 2 heterocycles. The van der Waals surface area contributed by atoms with E-state index in [0.717, 1.165) is 56.6 Å². The molecule has 8 heteroatoms. The van der Waals surface area contributed by atoms with Gasteiger partial charge in [-0.05, 0) is 43.3 Å². The molecule has 5 aromatic carbocycles. The Balaban J connectivity index is 1.49. The molecule has 0 fully saturated rings. The maximum Gasteiger partial charge on any atom is 0.180 e. The fraction of sp³-hybridized carbons (Fsp3) is 0.0714. The van der Waals surface area contributed by atoms with Gasteiger partial charge in [0.2, 0.25) is 0 Å². The second-order valence-corrected chi connectivity index (χ2v) is 11.6. The third kappa shape index (κ3) is 7.03. The number of terminal acetylenes is 1. The van der Waals surface area contributed by atoms with Crippen molar-refractivity contribution in [2.75, 3.05) is 22.2 Å². The molecule has 0 radical (unpaired) electrons. The number of rotatable bonds is 11. The number of amidine groups is 1. The second-order valence-electron chi connectivity index (χ2n) is 11.6. The topological polar surface area (TPSA) is 83.5 Å². The molecule has 0 atom stereocenters. The summed E-state index contributed by atoms with van der Waals surface area (Å²) in [5.41, 5.74) is 8.00. The number of para-hydroxylation sites is 4. The third-order valence-corrected chi connectivity index (χ3v) is 8.05. The SMILES string of the molecule is C#CCNc1ccccc1NC(=NN(c1ccccc1)c1nn(-c2ccccc2)c(-c2ccccc2)c1Cc1cc(C)on1)c1ccccc1. The molecule has 50 heavy (non-hydrogen) atoms. The maximum atomic E-state index is 5.60. The molecule has 2 aromatic heterocycles. The predicted octanol–water partition coefficient (Wildman–Crippen LogP) is 9.08. The van der Waals surface area contributed by atoms with Crippen LogP contribution in [-0.2, 0) is 6.42 Å². The lowest BCUT2D eigenvalue weighted by molar-refractivity contribution is 0.392. The Morgan fingerprint density at radius 3 is 2.08 bits per heavy atom. The molecule has 8 nitrogen and oxygen atoms in total. The van der Waals surface area contributed by atoms with Crippen LogP contribution in [-0.4, -0.2) is 27.3 Å². The lowest BCUT2D eigenvalue weighted by atomic mass is 10.0. The van der Waals surface area contributed by atoms with E-state index in [1.54, 1.807) is 0 Å². The van der Waals surface area contributed by atoms with Crippen molar-refractivity contribution in [2.45, 2.75) is 13.3 Å². The van der Waals surface area contributed by atoms with Crippen LogP contribution in [0, 0.1) is 19.3 Å². The molecule has 0 aliphatic carbocycles. The Labute approximate surface area is 291 Å². The molecule has 2 N–H and O–H groups in total. The molecular formula is C42H35N7O. The summed E-state index contributed by atoms with van der Waals surface area (Å²) in [6.07, 6.45) is 6.05. The number of anilines is 4. The fourth-order valence-electron chi connectivity index (χ4n) is 5.77. The summed E-state index contributed by atoms with van der Waals surface area (Å²) in [4.78, 5) is 0. The molecule has 0 amide bonds. The first kappa shape index (κ1) is 31.7. The summed E-state index contributed by atoms with van der Waals surface area (Å²) < 4.78 is 7.53. The number of nitrogens with zero attached hydrogens (tertiary/aromatic N) is 5.